The number of aryl methyl sites for hydroxylation is 1. The van der Waals surface area contributed by atoms with E-state index in [1.165, 1.54) is 0 Å². The molecule has 9 heteroatoms. The van der Waals surface area contributed by atoms with Gasteiger partial charge in [-0.25, -0.2) is 14.6 Å². The molecular formula is C18H16ClN7O. The van der Waals surface area contributed by atoms with Crippen LogP contribution in [0.25, 0.3) is 22.3 Å². The average Bonchev–Trinajstić information content (AvgIpc) is 3.08. The van der Waals surface area contributed by atoms with E-state index in [0.29, 0.717) is 27.7 Å². The van der Waals surface area contributed by atoms with Crippen molar-refractivity contribution in [2.24, 2.45) is 7.05 Å². The Morgan fingerprint density at radius 1 is 1.30 bits per heavy atom. The largest absolute Gasteiger partial charge is 0.347 e. The topological polar surface area (TPSA) is 101 Å². The van der Waals surface area contributed by atoms with Gasteiger partial charge in [-0.05, 0) is 25.1 Å². The summed E-state index contributed by atoms with van der Waals surface area (Å²) >= 11 is 6.15. The summed E-state index contributed by atoms with van der Waals surface area (Å²) in [6.07, 6.45) is 3.28. The van der Waals surface area contributed by atoms with Crippen LogP contribution >= 0.6 is 11.6 Å². The van der Waals surface area contributed by atoms with Gasteiger partial charge in [0, 0.05) is 24.2 Å². The van der Waals surface area contributed by atoms with Crippen molar-refractivity contribution in [3.63, 3.8) is 0 Å². The van der Waals surface area contributed by atoms with Gasteiger partial charge in [0.15, 0.2) is 0 Å². The maximum absolute atomic E-state index is 12.5. The number of hydrogen-bond acceptors (Lipinski definition) is 6. The van der Waals surface area contributed by atoms with Gasteiger partial charge < -0.3 is 10.3 Å². The Kier molecular flexibility index (Phi) is 4.33. The van der Waals surface area contributed by atoms with E-state index in [4.69, 9.17) is 11.6 Å². The number of rotatable bonds is 4. The molecule has 1 aromatic carbocycles. The minimum atomic E-state index is -0.308. The Morgan fingerprint density at radius 2 is 2.15 bits per heavy atom. The number of para-hydroxylation sites is 1. The fourth-order valence-corrected chi connectivity index (χ4v) is 3.13. The molecule has 4 rings (SSSR count). The number of aromatic nitrogens is 6. The van der Waals surface area contributed by atoms with Crippen LogP contribution in [0.1, 0.15) is 18.5 Å². The van der Waals surface area contributed by atoms with E-state index in [0.717, 1.165) is 11.1 Å². The normalized spacial score (nSPS) is 12.3. The van der Waals surface area contributed by atoms with Crippen molar-refractivity contribution in [1.29, 1.82) is 0 Å². The third-order valence-electron chi connectivity index (χ3n) is 4.30. The number of anilines is 1. The first-order valence-corrected chi connectivity index (χ1v) is 8.67. The first kappa shape index (κ1) is 17.2. The predicted molar refractivity (Wildman–Crippen MR) is 104 cm³/mol. The molecule has 0 unspecified atom stereocenters. The second-order valence-electron chi connectivity index (χ2n) is 6.13. The van der Waals surface area contributed by atoms with Gasteiger partial charge in [-0.15, -0.1) is 5.10 Å². The number of halogens is 1. The van der Waals surface area contributed by atoms with Gasteiger partial charge in [-0.2, -0.15) is 0 Å². The Balaban J connectivity index is 1.66. The second-order valence-corrected chi connectivity index (χ2v) is 6.54. The first-order valence-electron chi connectivity index (χ1n) is 8.29. The Bertz CT molecular complexity index is 1180. The Hall–Kier alpha value is -3.26. The van der Waals surface area contributed by atoms with Crippen LogP contribution in [-0.4, -0.2) is 29.9 Å². The zero-order valence-corrected chi connectivity index (χ0v) is 15.4. The molecule has 0 spiro atoms. The molecule has 0 aliphatic heterocycles. The maximum Gasteiger partial charge on any atom is 0.253 e. The smallest absolute Gasteiger partial charge is 0.253 e. The van der Waals surface area contributed by atoms with Gasteiger partial charge in [0.1, 0.15) is 5.69 Å². The predicted octanol–water partition coefficient (Wildman–Crippen LogP) is 2.94. The third kappa shape index (κ3) is 3.26. The van der Waals surface area contributed by atoms with Gasteiger partial charge in [-0.1, -0.05) is 28.9 Å². The molecule has 8 nitrogen and oxygen atoms in total. The highest BCUT2D eigenvalue weighted by atomic mass is 35.5. The van der Waals surface area contributed by atoms with Gasteiger partial charge in [0.05, 0.1) is 28.5 Å². The van der Waals surface area contributed by atoms with Crippen molar-refractivity contribution >= 4 is 28.5 Å². The third-order valence-corrected chi connectivity index (χ3v) is 4.62. The van der Waals surface area contributed by atoms with E-state index in [2.05, 4.69) is 30.6 Å². The van der Waals surface area contributed by atoms with Crippen LogP contribution in [0.2, 0.25) is 5.02 Å². The Labute approximate surface area is 159 Å². The minimum absolute atomic E-state index is 0.206. The molecule has 0 aliphatic carbocycles. The molecule has 0 aliphatic rings. The second kappa shape index (κ2) is 6.81. The van der Waals surface area contributed by atoms with Gasteiger partial charge in [-0.3, -0.25) is 4.79 Å². The average molecular weight is 382 g/mol. The lowest BCUT2D eigenvalue weighted by molar-refractivity contribution is 0.719. The van der Waals surface area contributed by atoms with Crippen molar-refractivity contribution in [2.75, 3.05) is 5.32 Å². The molecule has 3 aromatic heterocycles. The van der Waals surface area contributed by atoms with Crippen molar-refractivity contribution in [2.45, 2.75) is 13.0 Å². The highest BCUT2D eigenvalue weighted by Crippen LogP contribution is 2.23. The van der Waals surface area contributed by atoms with Gasteiger partial charge >= 0.3 is 0 Å². The Morgan fingerprint density at radius 3 is 2.93 bits per heavy atom. The van der Waals surface area contributed by atoms with Crippen LogP contribution in [0, 0.1) is 0 Å². The number of pyridine rings is 1. The summed E-state index contributed by atoms with van der Waals surface area (Å²) in [4.78, 5) is 24.1. The van der Waals surface area contributed by atoms with Crippen LogP contribution in [0.3, 0.4) is 0 Å². The van der Waals surface area contributed by atoms with Gasteiger partial charge in [0.25, 0.3) is 5.56 Å². The summed E-state index contributed by atoms with van der Waals surface area (Å²) in [6.45, 7) is 1.88. The van der Waals surface area contributed by atoms with Crippen molar-refractivity contribution < 1.29 is 0 Å². The highest BCUT2D eigenvalue weighted by molar-refractivity contribution is 6.35. The van der Waals surface area contributed by atoms with E-state index >= 15 is 0 Å². The SMILES string of the molecule is C[C@H](Nc1nccc(-c2cnnn2C)n1)c1cc2cccc(Cl)c2[nH]c1=O. The fourth-order valence-electron chi connectivity index (χ4n) is 2.90. The molecule has 0 radical (unpaired) electrons. The van der Waals surface area contributed by atoms with E-state index < -0.39 is 0 Å². The summed E-state index contributed by atoms with van der Waals surface area (Å²) in [5.41, 5.74) is 2.45. The lowest BCUT2D eigenvalue weighted by Crippen LogP contribution is -2.20. The van der Waals surface area contributed by atoms with E-state index in [1.54, 1.807) is 36.3 Å². The minimum Gasteiger partial charge on any atom is -0.347 e. The molecule has 0 saturated heterocycles. The summed E-state index contributed by atoms with van der Waals surface area (Å²) in [6, 6.07) is 8.79. The number of H-pyrrole nitrogens is 1. The number of benzene rings is 1. The lowest BCUT2D eigenvalue weighted by atomic mass is 10.1. The molecule has 2 N–H and O–H groups in total. The summed E-state index contributed by atoms with van der Waals surface area (Å²) in [5.74, 6) is 0.409. The van der Waals surface area contributed by atoms with Crippen LogP contribution < -0.4 is 10.9 Å². The lowest BCUT2D eigenvalue weighted by Gasteiger charge is -2.14. The summed E-state index contributed by atoms with van der Waals surface area (Å²) < 4.78 is 1.63. The van der Waals surface area contributed by atoms with Crippen LogP contribution in [-0.2, 0) is 7.05 Å². The number of fused-ring (bicyclic) bond motifs is 1. The number of hydrogen-bond donors (Lipinski definition) is 2. The van der Waals surface area contributed by atoms with E-state index in [9.17, 15) is 4.79 Å². The van der Waals surface area contributed by atoms with E-state index in [-0.39, 0.29) is 11.6 Å². The van der Waals surface area contributed by atoms with Crippen LogP contribution in [0.4, 0.5) is 5.95 Å². The standard InChI is InChI=1S/C18H16ClN7O/c1-10(12-8-11-4-3-5-13(19)16(11)24-17(12)27)22-18-20-7-6-14(23-18)15-9-21-25-26(15)2/h3-10H,1-2H3,(H,24,27)(H,20,22,23)/t10-/m0/s1. The van der Waals surface area contributed by atoms with Crippen molar-refractivity contribution in [3.05, 3.63) is 63.7 Å². The molecule has 4 aromatic rings. The maximum atomic E-state index is 12.5. The molecule has 0 amide bonds. The molecule has 0 bridgehead atoms. The molecule has 0 saturated carbocycles. The fraction of sp³-hybridized carbons (Fsp3) is 0.167. The summed E-state index contributed by atoms with van der Waals surface area (Å²) in [5, 5.41) is 12.3. The monoisotopic (exact) mass is 381 g/mol. The molecule has 0 fully saturated rings. The van der Waals surface area contributed by atoms with Crippen molar-refractivity contribution in [1.82, 2.24) is 29.9 Å². The summed E-state index contributed by atoms with van der Waals surface area (Å²) in [7, 11) is 1.79. The first-order chi connectivity index (χ1) is 13.0. The molecule has 136 valence electrons. The molecule has 27 heavy (non-hydrogen) atoms. The number of nitrogens with zero attached hydrogens (tertiary/aromatic N) is 5. The molecule has 1 atom stereocenters. The zero-order valence-electron chi connectivity index (χ0n) is 14.6. The van der Waals surface area contributed by atoms with Crippen LogP contribution in [0.15, 0.2) is 47.5 Å². The van der Waals surface area contributed by atoms with Gasteiger partial charge in [0.2, 0.25) is 5.95 Å². The number of aromatic amines is 1. The van der Waals surface area contributed by atoms with Crippen LogP contribution in [0.5, 0.6) is 0 Å². The molecular weight excluding hydrogens is 366 g/mol. The quantitative estimate of drug-likeness (QED) is 0.563. The number of nitrogens with one attached hydrogen (secondary N) is 2. The zero-order chi connectivity index (χ0) is 19.0. The molecule has 3 heterocycles. The van der Waals surface area contributed by atoms with E-state index in [1.807, 2.05) is 25.1 Å². The van der Waals surface area contributed by atoms with Crippen molar-refractivity contribution in [3.8, 4) is 11.4 Å². The highest BCUT2D eigenvalue weighted by Gasteiger charge is 2.14.